The first kappa shape index (κ1) is 19.6. The highest BCUT2D eigenvalue weighted by atomic mass is 35.5. The second-order valence-corrected chi connectivity index (χ2v) is 7.50. The molecular weight excluding hydrogens is 358 g/mol. The largest absolute Gasteiger partial charge is 0.455 e. The number of esters is 1. The molecule has 0 bridgehead atoms. The predicted octanol–water partition coefficient (Wildman–Crippen LogP) is 4.29. The van der Waals surface area contributed by atoms with Crippen LogP contribution in [0.15, 0.2) is 41.3 Å². The Hall–Kier alpha value is -1.72. The Balaban J connectivity index is 1.82. The summed E-state index contributed by atoms with van der Waals surface area (Å²) in [6.07, 6.45) is 0.900. The van der Waals surface area contributed by atoms with Gasteiger partial charge in [-0.25, -0.2) is 0 Å². The first-order valence-electron chi connectivity index (χ1n) is 8.19. The van der Waals surface area contributed by atoms with E-state index in [2.05, 4.69) is 19.2 Å². The van der Waals surface area contributed by atoms with Crippen molar-refractivity contribution in [3.63, 3.8) is 0 Å². The fourth-order valence-corrected chi connectivity index (χ4v) is 3.50. The Labute approximate surface area is 157 Å². The molecule has 4 nitrogen and oxygen atoms in total. The van der Waals surface area contributed by atoms with Crippen molar-refractivity contribution in [1.82, 2.24) is 5.32 Å². The topological polar surface area (TPSA) is 55.4 Å². The molecule has 0 spiro atoms. The molecule has 2 aromatic carbocycles. The highest BCUT2D eigenvalue weighted by Gasteiger charge is 2.11. The van der Waals surface area contributed by atoms with Crippen LogP contribution < -0.4 is 5.32 Å². The van der Waals surface area contributed by atoms with E-state index in [0.717, 1.165) is 22.1 Å². The second kappa shape index (κ2) is 9.68. The zero-order valence-corrected chi connectivity index (χ0v) is 16.0. The van der Waals surface area contributed by atoms with Gasteiger partial charge in [-0.15, -0.1) is 11.8 Å². The smallest absolute Gasteiger partial charge is 0.316 e. The zero-order valence-electron chi connectivity index (χ0n) is 14.4. The van der Waals surface area contributed by atoms with E-state index in [-0.39, 0.29) is 18.3 Å². The molecule has 25 heavy (non-hydrogen) atoms. The van der Waals surface area contributed by atoms with Gasteiger partial charge in [0, 0.05) is 21.8 Å². The Morgan fingerprint density at radius 2 is 1.92 bits per heavy atom. The normalized spacial score (nSPS) is 10.9. The van der Waals surface area contributed by atoms with Crippen LogP contribution in [0.25, 0.3) is 10.8 Å². The van der Waals surface area contributed by atoms with Crippen LogP contribution in [-0.2, 0) is 14.3 Å². The molecule has 1 N–H and O–H groups in total. The number of benzene rings is 2. The van der Waals surface area contributed by atoms with Gasteiger partial charge in [-0.1, -0.05) is 49.7 Å². The van der Waals surface area contributed by atoms with E-state index in [1.165, 1.54) is 11.8 Å². The molecule has 0 radical (unpaired) electrons. The molecule has 2 rings (SSSR count). The molecule has 0 saturated heterocycles. The third-order valence-electron chi connectivity index (χ3n) is 3.57. The number of carbonyl (C=O) groups is 2. The van der Waals surface area contributed by atoms with E-state index < -0.39 is 5.97 Å². The van der Waals surface area contributed by atoms with Gasteiger partial charge >= 0.3 is 5.97 Å². The number of ether oxygens (including phenoxy) is 1. The van der Waals surface area contributed by atoms with Gasteiger partial charge in [-0.05, 0) is 29.9 Å². The summed E-state index contributed by atoms with van der Waals surface area (Å²) < 4.78 is 5.02. The number of nitrogens with one attached hydrogen (secondary N) is 1. The maximum atomic E-state index is 11.9. The van der Waals surface area contributed by atoms with E-state index in [1.807, 2.05) is 36.4 Å². The lowest BCUT2D eigenvalue weighted by Gasteiger charge is -2.09. The lowest BCUT2D eigenvalue weighted by Crippen LogP contribution is -2.30. The van der Waals surface area contributed by atoms with Gasteiger partial charge in [-0.2, -0.15) is 0 Å². The molecule has 0 aliphatic carbocycles. The van der Waals surface area contributed by atoms with Crippen molar-refractivity contribution >= 4 is 46.0 Å². The van der Waals surface area contributed by atoms with Gasteiger partial charge in [0.1, 0.15) is 0 Å². The minimum Gasteiger partial charge on any atom is -0.455 e. The zero-order chi connectivity index (χ0) is 18.2. The quantitative estimate of drug-likeness (QED) is 0.549. The maximum Gasteiger partial charge on any atom is 0.316 e. The van der Waals surface area contributed by atoms with Gasteiger partial charge in [0.05, 0.1) is 5.75 Å². The summed E-state index contributed by atoms with van der Waals surface area (Å²) >= 11 is 7.62. The summed E-state index contributed by atoms with van der Waals surface area (Å²) in [6, 6.07) is 11.5. The Morgan fingerprint density at radius 3 is 2.64 bits per heavy atom. The Bertz CT molecular complexity index is 743. The number of carbonyl (C=O) groups excluding carboxylic acids is 2. The van der Waals surface area contributed by atoms with Crippen molar-refractivity contribution in [3.8, 4) is 0 Å². The van der Waals surface area contributed by atoms with Gasteiger partial charge in [-0.3, -0.25) is 9.59 Å². The predicted molar refractivity (Wildman–Crippen MR) is 103 cm³/mol. The summed E-state index contributed by atoms with van der Waals surface area (Å²) in [4.78, 5) is 24.4. The number of rotatable bonds is 8. The Morgan fingerprint density at radius 1 is 1.20 bits per heavy atom. The van der Waals surface area contributed by atoms with Crippen LogP contribution in [0, 0.1) is 5.92 Å². The molecule has 0 atom stereocenters. The summed E-state index contributed by atoms with van der Waals surface area (Å²) in [5.74, 6) is -0.0455. The van der Waals surface area contributed by atoms with E-state index in [0.29, 0.717) is 17.5 Å². The summed E-state index contributed by atoms with van der Waals surface area (Å²) in [7, 11) is 0. The highest BCUT2D eigenvalue weighted by molar-refractivity contribution is 8.00. The first-order chi connectivity index (χ1) is 12.0. The number of fused-ring (bicyclic) bond motifs is 1. The molecule has 0 fully saturated rings. The van der Waals surface area contributed by atoms with Gasteiger partial charge < -0.3 is 10.1 Å². The van der Waals surface area contributed by atoms with Gasteiger partial charge in [0.25, 0.3) is 5.91 Å². The molecule has 1 amide bonds. The SMILES string of the molecule is CC(C)CCNC(=O)COC(=O)CSc1cccc2cccc(Cl)c12. The second-order valence-electron chi connectivity index (χ2n) is 6.08. The van der Waals surface area contributed by atoms with Crippen LogP contribution in [-0.4, -0.2) is 30.8 Å². The Kier molecular flexibility index (Phi) is 7.59. The fourth-order valence-electron chi connectivity index (χ4n) is 2.26. The van der Waals surface area contributed by atoms with Crippen LogP contribution in [0.3, 0.4) is 0 Å². The lowest BCUT2D eigenvalue weighted by molar-refractivity contribution is -0.145. The minimum atomic E-state index is -0.423. The fraction of sp³-hybridized carbons (Fsp3) is 0.368. The average molecular weight is 380 g/mol. The van der Waals surface area contributed by atoms with Crippen LogP contribution in [0.4, 0.5) is 0 Å². The third-order valence-corrected chi connectivity index (χ3v) is 4.92. The first-order valence-corrected chi connectivity index (χ1v) is 9.56. The molecule has 0 saturated carbocycles. The van der Waals surface area contributed by atoms with Crippen LogP contribution in [0.1, 0.15) is 20.3 Å². The van der Waals surface area contributed by atoms with Crippen molar-refractivity contribution in [2.45, 2.75) is 25.2 Å². The third kappa shape index (κ3) is 6.25. The highest BCUT2D eigenvalue weighted by Crippen LogP contribution is 2.33. The molecule has 0 aromatic heterocycles. The summed E-state index contributed by atoms with van der Waals surface area (Å²) in [5, 5.41) is 5.34. The monoisotopic (exact) mass is 379 g/mol. The standard InChI is InChI=1S/C19H22ClNO3S/c1-13(2)9-10-21-17(22)11-24-18(23)12-25-16-8-4-6-14-5-3-7-15(20)19(14)16/h3-8,13H,9-12H2,1-2H3,(H,21,22). The lowest BCUT2D eigenvalue weighted by atomic mass is 10.1. The summed E-state index contributed by atoms with van der Waals surface area (Å²) in [6.45, 7) is 4.52. The molecule has 2 aromatic rings. The van der Waals surface area contributed by atoms with Crippen molar-refractivity contribution in [2.75, 3.05) is 18.9 Å². The van der Waals surface area contributed by atoms with E-state index in [1.54, 1.807) is 0 Å². The van der Waals surface area contributed by atoms with Crippen molar-refractivity contribution in [2.24, 2.45) is 5.92 Å². The van der Waals surface area contributed by atoms with Gasteiger partial charge in [0.2, 0.25) is 0 Å². The van der Waals surface area contributed by atoms with Crippen molar-refractivity contribution < 1.29 is 14.3 Å². The molecule has 0 aliphatic rings. The van der Waals surface area contributed by atoms with E-state index >= 15 is 0 Å². The van der Waals surface area contributed by atoms with Crippen LogP contribution in [0.2, 0.25) is 5.02 Å². The number of hydrogen-bond acceptors (Lipinski definition) is 4. The summed E-state index contributed by atoms with van der Waals surface area (Å²) in [5.41, 5.74) is 0. The van der Waals surface area contributed by atoms with Crippen LogP contribution in [0.5, 0.6) is 0 Å². The number of thioether (sulfide) groups is 1. The molecular formula is C19H22ClNO3S. The molecule has 0 unspecified atom stereocenters. The van der Waals surface area contributed by atoms with E-state index in [9.17, 15) is 9.59 Å². The average Bonchev–Trinajstić information content (AvgIpc) is 2.58. The molecule has 134 valence electrons. The van der Waals surface area contributed by atoms with Crippen molar-refractivity contribution in [1.29, 1.82) is 0 Å². The maximum absolute atomic E-state index is 11.9. The number of halogens is 1. The molecule has 0 aliphatic heterocycles. The number of amides is 1. The van der Waals surface area contributed by atoms with Crippen LogP contribution >= 0.6 is 23.4 Å². The van der Waals surface area contributed by atoms with Gasteiger partial charge in [0.15, 0.2) is 6.61 Å². The molecule has 0 heterocycles. The van der Waals surface area contributed by atoms with Crippen molar-refractivity contribution in [3.05, 3.63) is 41.4 Å². The number of hydrogen-bond donors (Lipinski definition) is 1. The van der Waals surface area contributed by atoms with E-state index in [4.69, 9.17) is 16.3 Å². The molecule has 6 heteroatoms. The minimum absolute atomic E-state index is 0.129.